The highest BCUT2D eigenvalue weighted by Gasteiger charge is 2.38. The molecule has 12 nitrogen and oxygen atoms in total. The van der Waals surface area contributed by atoms with Gasteiger partial charge in [-0.2, -0.15) is 9.79 Å². The highest BCUT2D eigenvalue weighted by molar-refractivity contribution is 7.66. The Labute approximate surface area is 156 Å². The van der Waals surface area contributed by atoms with Gasteiger partial charge in [0.15, 0.2) is 0 Å². The van der Waals surface area contributed by atoms with Gasteiger partial charge in [-0.25, -0.2) is 14.1 Å². The predicted octanol–water partition coefficient (Wildman–Crippen LogP) is 1.39. The van der Waals surface area contributed by atoms with Crippen LogP contribution in [0.3, 0.4) is 0 Å². The number of aromatic nitrogens is 1. The maximum Gasteiger partial charge on any atom is 0.521 e. The van der Waals surface area contributed by atoms with Gasteiger partial charge in [0.25, 0.3) is 0 Å². The molecule has 4 atom stereocenters. The molecule has 0 radical (unpaired) electrons. The van der Waals surface area contributed by atoms with Crippen LogP contribution in [0.2, 0.25) is 0 Å². The SMILES string of the molecule is O=[P+](O)CN1Cc2cccc(n2)CN(C[P+](=O)O)CP(=O)(O)OP(=O)(O)C1. The van der Waals surface area contributed by atoms with Crippen LogP contribution in [0.1, 0.15) is 11.4 Å². The lowest BCUT2D eigenvalue weighted by Gasteiger charge is -2.25. The van der Waals surface area contributed by atoms with E-state index in [9.17, 15) is 28.0 Å². The van der Waals surface area contributed by atoms with E-state index in [2.05, 4.69) is 9.29 Å². The fourth-order valence-corrected chi connectivity index (χ4v) is 7.37. The molecular formula is C11H19N3O9P4+2. The van der Waals surface area contributed by atoms with E-state index >= 15 is 0 Å². The lowest BCUT2D eigenvalue weighted by atomic mass is 10.3. The fraction of sp³-hybridized carbons (Fsp3) is 0.545. The third-order valence-electron chi connectivity index (χ3n) is 3.29. The van der Waals surface area contributed by atoms with Crippen molar-refractivity contribution in [2.24, 2.45) is 0 Å². The predicted molar refractivity (Wildman–Crippen MR) is 95.2 cm³/mol. The summed E-state index contributed by atoms with van der Waals surface area (Å²) in [7, 11) is -14.7. The van der Waals surface area contributed by atoms with Crippen molar-refractivity contribution in [3.05, 3.63) is 29.6 Å². The van der Waals surface area contributed by atoms with Gasteiger partial charge in [0.1, 0.15) is 12.6 Å². The van der Waals surface area contributed by atoms with Gasteiger partial charge in [0, 0.05) is 13.1 Å². The Morgan fingerprint density at radius 1 is 0.963 bits per heavy atom. The van der Waals surface area contributed by atoms with Crippen LogP contribution < -0.4 is 0 Å². The van der Waals surface area contributed by atoms with Gasteiger partial charge in [-0.1, -0.05) is 6.07 Å². The largest absolute Gasteiger partial charge is 0.521 e. The first kappa shape index (κ1) is 22.8. The van der Waals surface area contributed by atoms with Gasteiger partial charge in [0.05, 0.1) is 11.4 Å². The second-order valence-corrected chi connectivity index (χ2v) is 11.6. The minimum atomic E-state index is -4.65. The Balaban J connectivity index is 2.42. The van der Waals surface area contributed by atoms with Crippen LogP contribution in [0.25, 0.3) is 0 Å². The minimum absolute atomic E-state index is 0.0760. The van der Waals surface area contributed by atoms with Gasteiger partial charge in [0.2, 0.25) is 12.6 Å². The van der Waals surface area contributed by atoms with Crippen LogP contribution in [0.4, 0.5) is 0 Å². The molecule has 4 unspecified atom stereocenters. The maximum atomic E-state index is 12.3. The molecule has 0 aliphatic carbocycles. The molecule has 2 rings (SSSR count). The number of fused-ring (bicyclic) bond motifs is 2. The van der Waals surface area contributed by atoms with E-state index < -0.39 is 56.4 Å². The summed E-state index contributed by atoms with van der Waals surface area (Å²) in [5, 5.41) is 0. The summed E-state index contributed by atoms with van der Waals surface area (Å²) in [4.78, 5) is 44.8. The third-order valence-corrected chi connectivity index (χ3v) is 8.13. The molecule has 1 aromatic heterocycles. The van der Waals surface area contributed by atoms with Gasteiger partial charge in [-0.3, -0.25) is 14.1 Å². The zero-order valence-electron chi connectivity index (χ0n) is 13.9. The van der Waals surface area contributed by atoms with E-state index in [1.54, 1.807) is 18.2 Å². The zero-order chi connectivity index (χ0) is 20.2. The smallest absolute Gasteiger partial charge is 0.323 e. The Morgan fingerprint density at radius 3 is 1.74 bits per heavy atom. The lowest BCUT2D eigenvalue weighted by molar-refractivity contribution is 0.261. The Hall–Kier alpha value is -0.470. The van der Waals surface area contributed by atoms with Crippen molar-refractivity contribution in [2.75, 3.05) is 25.1 Å². The highest BCUT2D eigenvalue weighted by atomic mass is 31.3. The van der Waals surface area contributed by atoms with E-state index in [0.717, 1.165) is 9.80 Å². The Bertz CT molecular complexity index is 761. The van der Waals surface area contributed by atoms with Gasteiger partial charge >= 0.3 is 31.2 Å². The van der Waals surface area contributed by atoms with Gasteiger partial charge in [-0.15, -0.1) is 0 Å². The van der Waals surface area contributed by atoms with Gasteiger partial charge in [-0.05, 0) is 21.3 Å². The average Bonchev–Trinajstić information content (AvgIpc) is 2.42. The molecule has 0 saturated heterocycles. The first-order chi connectivity index (χ1) is 12.4. The highest BCUT2D eigenvalue weighted by Crippen LogP contribution is 2.60. The number of nitrogens with zero attached hydrogens (tertiary/aromatic N) is 3. The van der Waals surface area contributed by atoms with E-state index in [-0.39, 0.29) is 13.1 Å². The molecular weight excluding hydrogens is 442 g/mol. The maximum absolute atomic E-state index is 12.3. The summed E-state index contributed by atoms with van der Waals surface area (Å²) in [6.07, 6.45) is -2.44. The van der Waals surface area contributed by atoms with E-state index in [1.165, 1.54) is 0 Å². The summed E-state index contributed by atoms with van der Waals surface area (Å²) in [5.74, 6) is 0. The third kappa shape index (κ3) is 8.20. The van der Waals surface area contributed by atoms with Crippen molar-refractivity contribution < 1.29 is 42.1 Å². The van der Waals surface area contributed by atoms with E-state index in [0.29, 0.717) is 11.4 Å². The fourth-order valence-electron chi connectivity index (χ4n) is 2.55. The van der Waals surface area contributed by atoms with Crippen LogP contribution in [0.5, 0.6) is 0 Å². The van der Waals surface area contributed by atoms with Crippen molar-refractivity contribution in [3.63, 3.8) is 0 Å². The molecule has 4 N–H and O–H groups in total. The second-order valence-electron chi connectivity index (χ2n) is 5.90. The molecule has 0 aromatic carbocycles. The summed E-state index contributed by atoms with van der Waals surface area (Å²) in [6.45, 7) is -0.152. The number of hydrogen-bond acceptors (Lipinski definition) is 8. The lowest BCUT2D eigenvalue weighted by Crippen LogP contribution is -2.28. The molecule has 0 amide bonds. The number of hydrogen-bond donors (Lipinski definition) is 4. The summed E-state index contributed by atoms with van der Waals surface area (Å²) in [6, 6.07) is 4.83. The van der Waals surface area contributed by atoms with Crippen molar-refractivity contribution in [1.29, 1.82) is 0 Å². The summed E-state index contributed by atoms with van der Waals surface area (Å²) in [5.41, 5.74) is 0.843. The Morgan fingerprint density at radius 2 is 1.37 bits per heavy atom. The van der Waals surface area contributed by atoms with Crippen molar-refractivity contribution in [3.8, 4) is 0 Å². The quantitative estimate of drug-likeness (QED) is 0.475. The monoisotopic (exact) mass is 461 g/mol. The molecule has 2 bridgehead atoms. The second kappa shape index (κ2) is 9.35. The molecule has 1 aliphatic heterocycles. The molecule has 150 valence electrons. The van der Waals surface area contributed by atoms with Crippen LogP contribution >= 0.6 is 31.2 Å². The molecule has 2 heterocycles. The molecule has 27 heavy (non-hydrogen) atoms. The number of pyridine rings is 1. The van der Waals surface area contributed by atoms with E-state index in [4.69, 9.17) is 9.79 Å². The van der Waals surface area contributed by atoms with Crippen LogP contribution in [-0.4, -0.2) is 59.5 Å². The molecule has 16 heteroatoms. The van der Waals surface area contributed by atoms with Gasteiger partial charge < -0.3 is 9.79 Å². The average molecular weight is 461 g/mol. The van der Waals surface area contributed by atoms with Crippen molar-refractivity contribution in [2.45, 2.75) is 13.1 Å². The number of rotatable bonds is 4. The standard InChI is InChI=1S/C11H17N3O9P4/c15-24(16)6-13-4-10-2-1-3-11(12-10)5-14(7-25(17)18)9-27(21,22)23-26(19,20)8-13/h1-3H,4-9H2,(H2-2,15,16,17,18,19,20,21,22)/p+2. The van der Waals surface area contributed by atoms with Crippen molar-refractivity contribution >= 4 is 31.2 Å². The normalized spacial score (nSPS) is 29.5. The summed E-state index contributed by atoms with van der Waals surface area (Å²) < 4.78 is 51.4. The first-order valence-electron chi connectivity index (χ1n) is 7.46. The first-order valence-corrected chi connectivity index (χ1v) is 13.8. The zero-order valence-corrected chi connectivity index (χ0v) is 17.5. The molecule has 0 fully saturated rings. The van der Waals surface area contributed by atoms with Crippen LogP contribution in [0.15, 0.2) is 18.2 Å². The topological polar surface area (TPSA) is 178 Å². The minimum Gasteiger partial charge on any atom is -0.323 e. The Kier molecular flexibility index (Phi) is 7.90. The van der Waals surface area contributed by atoms with Crippen LogP contribution in [0, 0.1) is 0 Å². The molecule has 1 aromatic rings. The van der Waals surface area contributed by atoms with E-state index in [1.807, 2.05) is 0 Å². The van der Waals surface area contributed by atoms with Crippen molar-refractivity contribution in [1.82, 2.24) is 14.8 Å². The molecule has 0 spiro atoms. The molecule has 0 saturated carbocycles. The molecule has 1 aliphatic rings. The summed E-state index contributed by atoms with van der Waals surface area (Å²) >= 11 is 0. The van der Waals surface area contributed by atoms with Crippen LogP contribution in [-0.2, 0) is 35.7 Å².